The Morgan fingerprint density at radius 1 is 1.30 bits per heavy atom. The molecule has 27 heavy (non-hydrogen) atoms. The molecule has 4 rings (SSSR count). The van der Waals surface area contributed by atoms with Crippen LogP contribution in [0.5, 0.6) is 0 Å². The molecule has 2 fully saturated rings. The average Bonchev–Trinajstić information content (AvgIpc) is 3.31. The van der Waals surface area contributed by atoms with Crippen LogP contribution in [0, 0.1) is 0 Å². The second-order valence-corrected chi connectivity index (χ2v) is 7.05. The molecule has 3 atom stereocenters. The Labute approximate surface area is 178 Å². The molecule has 1 saturated heterocycles. The minimum atomic E-state index is 0. The predicted molar refractivity (Wildman–Crippen MR) is 118 cm³/mol. The summed E-state index contributed by atoms with van der Waals surface area (Å²) in [6.45, 7) is 5.24. The summed E-state index contributed by atoms with van der Waals surface area (Å²) >= 11 is 0. The number of ether oxygens (including phenoxy) is 1. The highest BCUT2D eigenvalue weighted by atomic mass is 127. The van der Waals surface area contributed by atoms with Crippen LogP contribution < -0.4 is 5.32 Å². The number of nitrogens with zero attached hydrogens (tertiary/aromatic N) is 4. The number of morpholine rings is 1. The zero-order valence-corrected chi connectivity index (χ0v) is 18.2. The summed E-state index contributed by atoms with van der Waals surface area (Å²) < 4.78 is 7.79. The highest BCUT2D eigenvalue weighted by Gasteiger charge is 2.40. The van der Waals surface area contributed by atoms with E-state index in [1.807, 2.05) is 24.1 Å². The van der Waals surface area contributed by atoms with Crippen molar-refractivity contribution in [2.45, 2.75) is 31.4 Å². The second-order valence-electron chi connectivity index (χ2n) is 7.05. The number of aromatic nitrogens is 2. The molecule has 6 nitrogen and oxygen atoms in total. The van der Waals surface area contributed by atoms with Gasteiger partial charge >= 0.3 is 0 Å². The van der Waals surface area contributed by atoms with E-state index in [4.69, 9.17) is 9.73 Å². The Balaban J connectivity index is 0.00000210. The van der Waals surface area contributed by atoms with E-state index in [1.165, 1.54) is 12.0 Å². The largest absolute Gasteiger partial charge is 0.370 e. The van der Waals surface area contributed by atoms with Gasteiger partial charge in [0.15, 0.2) is 5.96 Å². The Bertz CT molecular complexity index is 763. The lowest BCUT2D eigenvalue weighted by molar-refractivity contribution is -0.00810. The Hall–Kier alpha value is -1.61. The van der Waals surface area contributed by atoms with Gasteiger partial charge in [0.1, 0.15) is 6.10 Å². The summed E-state index contributed by atoms with van der Waals surface area (Å²) in [6.07, 6.45) is 5.14. The van der Waals surface area contributed by atoms with E-state index in [0.717, 1.165) is 31.2 Å². The Kier molecular flexibility index (Phi) is 6.75. The number of hydrogen-bond donors (Lipinski definition) is 1. The fourth-order valence-corrected chi connectivity index (χ4v) is 3.63. The summed E-state index contributed by atoms with van der Waals surface area (Å²) in [5.74, 6) is 1.60. The monoisotopic (exact) mass is 481 g/mol. The van der Waals surface area contributed by atoms with Crippen molar-refractivity contribution < 1.29 is 4.74 Å². The third-order valence-corrected chi connectivity index (χ3v) is 5.10. The molecule has 2 heterocycles. The van der Waals surface area contributed by atoms with Gasteiger partial charge in [0.2, 0.25) is 0 Å². The molecule has 0 bridgehead atoms. The summed E-state index contributed by atoms with van der Waals surface area (Å²) in [5.41, 5.74) is 2.54. The van der Waals surface area contributed by atoms with E-state index in [9.17, 15) is 0 Å². The highest BCUT2D eigenvalue weighted by molar-refractivity contribution is 14.0. The van der Waals surface area contributed by atoms with Gasteiger partial charge in [-0.15, -0.1) is 24.0 Å². The zero-order chi connectivity index (χ0) is 17.9. The average molecular weight is 481 g/mol. The van der Waals surface area contributed by atoms with Crippen LogP contribution >= 0.6 is 24.0 Å². The molecule has 7 heteroatoms. The topological polar surface area (TPSA) is 54.7 Å². The third-order valence-electron chi connectivity index (χ3n) is 5.10. The normalized spacial score (nSPS) is 25.0. The molecule has 146 valence electrons. The first kappa shape index (κ1) is 20.1. The Morgan fingerprint density at radius 2 is 2.11 bits per heavy atom. The Morgan fingerprint density at radius 3 is 2.81 bits per heavy atom. The van der Waals surface area contributed by atoms with Crippen molar-refractivity contribution >= 4 is 29.9 Å². The summed E-state index contributed by atoms with van der Waals surface area (Å²) in [6, 6.07) is 11.2. The van der Waals surface area contributed by atoms with E-state index in [2.05, 4.69) is 52.6 Å². The van der Waals surface area contributed by atoms with Gasteiger partial charge in [-0.3, -0.25) is 9.67 Å². The van der Waals surface area contributed by atoms with Crippen LogP contribution in [0.2, 0.25) is 0 Å². The van der Waals surface area contributed by atoms with E-state index >= 15 is 0 Å². The lowest BCUT2D eigenvalue weighted by Crippen LogP contribution is -2.49. The quantitative estimate of drug-likeness (QED) is 0.415. The SMILES string of the molecule is CCN=C(NC1CC1c1ccccc1)N1CCOC(c2cnn(C)c2)C1.I. The number of benzene rings is 1. The molecular weight excluding hydrogens is 453 g/mol. The molecule has 1 aliphatic carbocycles. The van der Waals surface area contributed by atoms with Gasteiger partial charge in [0, 0.05) is 43.9 Å². The molecule has 1 aromatic heterocycles. The van der Waals surface area contributed by atoms with Crippen LogP contribution in [0.1, 0.15) is 36.5 Å². The summed E-state index contributed by atoms with van der Waals surface area (Å²) in [5, 5.41) is 7.96. The van der Waals surface area contributed by atoms with Crippen molar-refractivity contribution in [1.82, 2.24) is 20.0 Å². The molecular formula is C20H28IN5O. The molecule has 1 aromatic carbocycles. The lowest BCUT2D eigenvalue weighted by Gasteiger charge is -2.35. The number of guanidine groups is 1. The maximum atomic E-state index is 5.97. The van der Waals surface area contributed by atoms with Crippen molar-refractivity contribution in [2.75, 3.05) is 26.2 Å². The molecule has 1 saturated carbocycles. The van der Waals surface area contributed by atoms with Crippen LogP contribution in [0.15, 0.2) is 47.7 Å². The molecule has 0 amide bonds. The number of aryl methyl sites for hydroxylation is 1. The minimum absolute atomic E-state index is 0. The van der Waals surface area contributed by atoms with Crippen LogP contribution in [-0.2, 0) is 11.8 Å². The van der Waals surface area contributed by atoms with Crippen LogP contribution in [-0.4, -0.2) is 52.9 Å². The fourth-order valence-electron chi connectivity index (χ4n) is 3.63. The van der Waals surface area contributed by atoms with Gasteiger partial charge in [-0.1, -0.05) is 30.3 Å². The number of rotatable bonds is 4. The van der Waals surface area contributed by atoms with Crippen molar-refractivity contribution in [3.8, 4) is 0 Å². The number of nitrogens with one attached hydrogen (secondary N) is 1. The van der Waals surface area contributed by atoms with Gasteiger partial charge in [0.25, 0.3) is 0 Å². The van der Waals surface area contributed by atoms with Crippen molar-refractivity contribution in [3.05, 3.63) is 53.9 Å². The van der Waals surface area contributed by atoms with Gasteiger partial charge in [-0.2, -0.15) is 5.10 Å². The van der Waals surface area contributed by atoms with E-state index < -0.39 is 0 Å². The van der Waals surface area contributed by atoms with Crippen molar-refractivity contribution in [2.24, 2.45) is 12.0 Å². The molecule has 0 spiro atoms. The smallest absolute Gasteiger partial charge is 0.194 e. The van der Waals surface area contributed by atoms with Crippen LogP contribution in [0.25, 0.3) is 0 Å². The minimum Gasteiger partial charge on any atom is -0.370 e. The van der Waals surface area contributed by atoms with Gasteiger partial charge in [-0.05, 0) is 18.9 Å². The number of aliphatic imine (C=N–C) groups is 1. The van der Waals surface area contributed by atoms with Gasteiger partial charge in [0.05, 0.1) is 19.3 Å². The first-order chi connectivity index (χ1) is 12.7. The maximum Gasteiger partial charge on any atom is 0.194 e. The second kappa shape index (κ2) is 9.05. The van der Waals surface area contributed by atoms with Gasteiger partial charge < -0.3 is 15.0 Å². The molecule has 0 radical (unpaired) electrons. The van der Waals surface area contributed by atoms with Crippen molar-refractivity contribution in [3.63, 3.8) is 0 Å². The first-order valence-electron chi connectivity index (χ1n) is 9.45. The summed E-state index contributed by atoms with van der Waals surface area (Å²) in [4.78, 5) is 7.07. The fraction of sp³-hybridized carbons (Fsp3) is 0.500. The lowest BCUT2D eigenvalue weighted by atomic mass is 10.1. The van der Waals surface area contributed by atoms with E-state index in [-0.39, 0.29) is 30.1 Å². The molecule has 1 N–H and O–H groups in total. The van der Waals surface area contributed by atoms with Crippen molar-refractivity contribution in [1.29, 1.82) is 0 Å². The van der Waals surface area contributed by atoms with Crippen LogP contribution in [0.3, 0.4) is 0 Å². The molecule has 1 aliphatic heterocycles. The highest BCUT2D eigenvalue weighted by Crippen LogP contribution is 2.40. The molecule has 3 unspecified atom stereocenters. The standard InChI is InChI=1S/C20H27N5O.HI/c1-3-21-20(23-18-11-17(18)15-7-5-4-6-8-15)25-9-10-26-19(14-25)16-12-22-24(2)13-16;/h4-8,12-13,17-19H,3,9-11,14H2,1-2H3,(H,21,23);1H. The number of halogens is 1. The molecule has 2 aromatic rings. The van der Waals surface area contributed by atoms with Crippen LogP contribution in [0.4, 0.5) is 0 Å². The zero-order valence-electron chi connectivity index (χ0n) is 15.9. The first-order valence-corrected chi connectivity index (χ1v) is 9.45. The predicted octanol–water partition coefficient (Wildman–Crippen LogP) is 2.93. The van der Waals surface area contributed by atoms with E-state index in [1.54, 1.807) is 0 Å². The van der Waals surface area contributed by atoms with E-state index in [0.29, 0.717) is 18.6 Å². The molecule has 2 aliphatic rings. The summed E-state index contributed by atoms with van der Waals surface area (Å²) in [7, 11) is 1.94. The van der Waals surface area contributed by atoms with Gasteiger partial charge in [-0.25, -0.2) is 0 Å². The maximum absolute atomic E-state index is 5.97. The third kappa shape index (κ3) is 4.82. The number of hydrogen-bond acceptors (Lipinski definition) is 3.